The molecule has 1 aliphatic rings. The second-order valence-electron chi connectivity index (χ2n) is 7.20. The summed E-state index contributed by atoms with van der Waals surface area (Å²) in [6.45, 7) is 0.918. The maximum absolute atomic E-state index is 13.1. The van der Waals surface area contributed by atoms with Crippen LogP contribution in [0.4, 0.5) is 4.39 Å². The summed E-state index contributed by atoms with van der Waals surface area (Å²) in [5.41, 5.74) is 0.966. The zero-order valence-corrected chi connectivity index (χ0v) is 17.4. The highest BCUT2D eigenvalue weighted by Gasteiger charge is 2.34. The van der Waals surface area contributed by atoms with Gasteiger partial charge in [-0.2, -0.15) is 4.31 Å². The van der Waals surface area contributed by atoms with Gasteiger partial charge in [-0.15, -0.1) is 0 Å². The van der Waals surface area contributed by atoms with Crippen LogP contribution in [0.1, 0.15) is 18.4 Å². The van der Waals surface area contributed by atoms with Crippen molar-refractivity contribution in [2.45, 2.75) is 24.3 Å². The Labute approximate surface area is 170 Å². The first-order valence-corrected chi connectivity index (χ1v) is 10.9. The lowest BCUT2D eigenvalue weighted by Gasteiger charge is -2.33. The minimum Gasteiger partial charge on any atom is -0.497 e. The van der Waals surface area contributed by atoms with Crippen molar-refractivity contribution in [3.63, 3.8) is 0 Å². The van der Waals surface area contributed by atoms with E-state index >= 15 is 0 Å². The van der Waals surface area contributed by atoms with Gasteiger partial charge >= 0.3 is 0 Å². The van der Waals surface area contributed by atoms with Crippen LogP contribution < -0.4 is 4.74 Å². The predicted octanol–water partition coefficient (Wildman–Crippen LogP) is 2.89. The van der Waals surface area contributed by atoms with Crippen molar-refractivity contribution in [3.05, 3.63) is 59.9 Å². The number of rotatable bonds is 6. The molecule has 0 aromatic heterocycles. The Bertz CT molecular complexity index is 946. The fraction of sp³-hybridized carbons (Fsp3) is 0.381. The number of benzene rings is 2. The molecule has 29 heavy (non-hydrogen) atoms. The molecule has 0 saturated carbocycles. The van der Waals surface area contributed by atoms with E-state index in [1.165, 1.54) is 16.4 Å². The van der Waals surface area contributed by atoms with Gasteiger partial charge in [0.2, 0.25) is 15.9 Å². The van der Waals surface area contributed by atoms with E-state index in [4.69, 9.17) is 4.74 Å². The molecule has 0 bridgehead atoms. The number of carbonyl (C=O) groups excluding carboxylic acids is 1. The number of sulfonamides is 1. The smallest absolute Gasteiger partial charge is 0.243 e. The highest BCUT2D eigenvalue weighted by atomic mass is 32.2. The molecular formula is C21H25FN2O4S. The number of halogens is 1. The van der Waals surface area contributed by atoms with Gasteiger partial charge in [0.15, 0.2) is 0 Å². The lowest BCUT2D eigenvalue weighted by atomic mass is 9.98. The average molecular weight is 421 g/mol. The average Bonchev–Trinajstić information content (AvgIpc) is 2.74. The van der Waals surface area contributed by atoms with Crippen molar-refractivity contribution in [3.8, 4) is 5.75 Å². The predicted molar refractivity (Wildman–Crippen MR) is 107 cm³/mol. The summed E-state index contributed by atoms with van der Waals surface area (Å²) >= 11 is 0. The third-order valence-electron chi connectivity index (χ3n) is 5.14. The normalized spacial score (nSPS) is 17.7. The Morgan fingerprint density at radius 1 is 1.17 bits per heavy atom. The fourth-order valence-corrected chi connectivity index (χ4v) is 5.04. The summed E-state index contributed by atoms with van der Waals surface area (Å²) in [5.74, 6) is -0.227. The summed E-state index contributed by atoms with van der Waals surface area (Å²) in [6, 6.07) is 12.2. The van der Waals surface area contributed by atoms with Crippen LogP contribution in [0.5, 0.6) is 5.75 Å². The summed E-state index contributed by atoms with van der Waals surface area (Å²) in [4.78, 5) is 14.6. The van der Waals surface area contributed by atoms with Crippen molar-refractivity contribution in [2.75, 3.05) is 27.2 Å². The number of amides is 1. The Morgan fingerprint density at radius 3 is 2.45 bits per heavy atom. The zero-order valence-electron chi connectivity index (χ0n) is 16.5. The molecule has 1 atom stereocenters. The van der Waals surface area contributed by atoms with Gasteiger partial charge in [-0.25, -0.2) is 12.8 Å². The van der Waals surface area contributed by atoms with Gasteiger partial charge in [0.1, 0.15) is 11.6 Å². The van der Waals surface area contributed by atoms with Crippen LogP contribution in [0.25, 0.3) is 0 Å². The van der Waals surface area contributed by atoms with Gasteiger partial charge < -0.3 is 9.64 Å². The molecule has 0 radical (unpaired) electrons. The van der Waals surface area contributed by atoms with Crippen LogP contribution in [0, 0.1) is 11.7 Å². The molecule has 6 nitrogen and oxygen atoms in total. The van der Waals surface area contributed by atoms with Crippen LogP contribution in [-0.2, 0) is 21.4 Å². The molecule has 1 fully saturated rings. The van der Waals surface area contributed by atoms with E-state index in [0.29, 0.717) is 25.9 Å². The maximum Gasteiger partial charge on any atom is 0.243 e. The minimum absolute atomic E-state index is 0.0404. The highest BCUT2D eigenvalue weighted by molar-refractivity contribution is 7.89. The Hall–Kier alpha value is -2.45. The van der Waals surface area contributed by atoms with Gasteiger partial charge in [-0.05, 0) is 54.8 Å². The molecule has 0 spiro atoms. The lowest BCUT2D eigenvalue weighted by Crippen LogP contribution is -2.45. The van der Waals surface area contributed by atoms with E-state index < -0.39 is 21.8 Å². The molecular weight excluding hydrogens is 395 g/mol. The van der Waals surface area contributed by atoms with E-state index in [0.717, 1.165) is 23.4 Å². The Morgan fingerprint density at radius 2 is 1.83 bits per heavy atom. The van der Waals surface area contributed by atoms with E-state index in [9.17, 15) is 17.6 Å². The van der Waals surface area contributed by atoms with Gasteiger partial charge in [0, 0.05) is 26.7 Å². The number of ether oxygens (including phenoxy) is 1. The number of nitrogens with zero attached hydrogens (tertiary/aromatic N) is 2. The molecule has 0 aliphatic carbocycles. The molecule has 8 heteroatoms. The number of piperidine rings is 1. The maximum atomic E-state index is 13.1. The largest absolute Gasteiger partial charge is 0.497 e. The monoisotopic (exact) mass is 420 g/mol. The summed E-state index contributed by atoms with van der Waals surface area (Å²) in [5, 5.41) is 0. The number of carbonyl (C=O) groups is 1. The fourth-order valence-electron chi connectivity index (χ4n) is 3.51. The first-order valence-electron chi connectivity index (χ1n) is 9.45. The van der Waals surface area contributed by atoms with Crippen molar-refractivity contribution in [2.24, 2.45) is 5.92 Å². The molecule has 2 aromatic carbocycles. The second kappa shape index (κ2) is 8.92. The second-order valence-corrected chi connectivity index (χ2v) is 9.14. The summed E-state index contributed by atoms with van der Waals surface area (Å²) in [7, 11) is -0.437. The highest BCUT2D eigenvalue weighted by Crippen LogP contribution is 2.25. The van der Waals surface area contributed by atoms with E-state index in [2.05, 4.69) is 0 Å². The first kappa shape index (κ1) is 21.3. The third kappa shape index (κ3) is 4.94. The van der Waals surface area contributed by atoms with E-state index in [1.807, 2.05) is 24.3 Å². The van der Waals surface area contributed by atoms with E-state index in [-0.39, 0.29) is 17.3 Å². The van der Waals surface area contributed by atoms with Gasteiger partial charge in [-0.1, -0.05) is 12.1 Å². The van der Waals surface area contributed by atoms with Crippen molar-refractivity contribution >= 4 is 15.9 Å². The SMILES string of the molecule is COc1ccc(CN(C)C(=O)[C@@H]2CCCN(S(=O)(=O)c3ccc(F)cc3)C2)cc1. The van der Waals surface area contributed by atoms with Crippen LogP contribution in [0.2, 0.25) is 0 Å². The van der Waals surface area contributed by atoms with Crippen molar-refractivity contribution in [1.82, 2.24) is 9.21 Å². The van der Waals surface area contributed by atoms with Gasteiger partial charge in [0.05, 0.1) is 17.9 Å². The van der Waals surface area contributed by atoms with Gasteiger partial charge in [0.25, 0.3) is 0 Å². The molecule has 156 valence electrons. The topological polar surface area (TPSA) is 66.9 Å². The summed E-state index contributed by atoms with van der Waals surface area (Å²) in [6.07, 6.45) is 1.24. The Balaban J connectivity index is 1.67. The third-order valence-corrected chi connectivity index (χ3v) is 7.02. The molecule has 1 amide bonds. The quantitative estimate of drug-likeness (QED) is 0.721. The molecule has 0 N–H and O–H groups in total. The number of hydrogen-bond donors (Lipinski definition) is 0. The standard InChI is InChI=1S/C21H25FN2O4S/c1-23(14-16-5-9-19(28-2)10-6-16)21(25)17-4-3-13-24(15-17)29(26,27)20-11-7-18(22)8-12-20/h5-12,17H,3-4,13-15H2,1-2H3/t17-/m1/s1. The lowest BCUT2D eigenvalue weighted by molar-refractivity contribution is -0.135. The molecule has 3 rings (SSSR count). The van der Waals surface area contributed by atoms with Crippen molar-refractivity contribution < 1.29 is 22.3 Å². The first-order chi connectivity index (χ1) is 13.8. The summed E-state index contributed by atoms with van der Waals surface area (Å²) < 4.78 is 45.3. The van der Waals surface area contributed by atoms with Crippen LogP contribution >= 0.6 is 0 Å². The van der Waals surface area contributed by atoms with Crippen LogP contribution in [-0.4, -0.2) is 50.8 Å². The van der Waals surface area contributed by atoms with Crippen molar-refractivity contribution in [1.29, 1.82) is 0 Å². The minimum atomic E-state index is -3.76. The van der Waals surface area contributed by atoms with E-state index in [1.54, 1.807) is 19.1 Å². The molecule has 2 aromatic rings. The van der Waals surface area contributed by atoms with Crippen LogP contribution in [0.15, 0.2) is 53.4 Å². The molecule has 0 unspecified atom stereocenters. The Kier molecular flexibility index (Phi) is 6.54. The molecule has 1 aliphatic heterocycles. The number of hydrogen-bond acceptors (Lipinski definition) is 4. The molecule has 1 saturated heterocycles. The number of methoxy groups -OCH3 is 1. The molecule has 1 heterocycles. The zero-order chi connectivity index (χ0) is 21.0. The van der Waals surface area contributed by atoms with Gasteiger partial charge in [-0.3, -0.25) is 4.79 Å². The van der Waals surface area contributed by atoms with Crippen LogP contribution in [0.3, 0.4) is 0 Å².